The predicted octanol–water partition coefficient (Wildman–Crippen LogP) is 1.95. The van der Waals surface area contributed by atoms with Crippen molar-refractivity contribution in [2.24, 2.45) is 0 Å². The lowest BCUT2D eigenvalue weighted by atomic mass is 10.3. The largest absolute Gasteiger partial charge is 0.305 e. The highest BCUT2D eigenvalue weighted by Crippen LogP contribution is 2.04. The molecule has 0 radical (unpaired) electrons. The van der Waals surface area contributed by atoms with Gasteiger partial charge in [-0.2, -0.15) is 15.0 Å². The Morgan fingerprint density at radius 1 is 0.900 bits per heavy atom. The molecule has 100 valence electrons. The lowest BCUT2D eigenvalue weighted by Crippen LogP contribution is -2.14. The summed E-state index contributed by atoms with van der Waals surface area (Å²) in [6.45, 7) is 1.39. The second-order valence-electron chi connectivity index (χ2n) is 4.39. The Kier molecular flexibility index (Phi) is 3.80. The number of aromatic nitrogens is 4. The quantitative estimate of drug-likeness (QED) is 0.766. The molecule has 2 aromatic heterocycles. The van der Waals surface area contributed by atoms with E-state index in [1.807, 2.05) is 48.5 Å². The summed E-state index contributed by atoms with van der Waals surface area (Å²) in [5, 5.41) is 12.0. The van der Waals surface area contributed by atoms with Crippen LogP contribution in [-0.2, 0) is 13.1 Å². The number of hydrogen-bond donors (Lipinski definition) is 1. The number of hydrogen-bond acceptors (Lipinski definition) is 4. The van der Waals surface area contributed by atoms with Crippen LogP contribution in [0.4, 0.5) is 0 Å². The van der Waals surface area contributed by atoms with E-state index in [9.17, 15) is 0 Å². The molecule has 0 amide bonds. The molecule has 0 atom stereocenters. The Bertz CT molecular complexity index is 648. The number of pyridine rings is 1. The van der Waals surface area contributed by atoms with Gasteiger partial charge in [-0.1, -0.05) is 24.3 Å². The van der Waals surface area contributed by atoms with Gasteiger partial charge in [-0.25, -0.2) is 0 Å². The molecule has 0 aliphatic carbocycles. The van der Waals surface area contributed by atoms with Crippen LogP contribution >= 0.6 is 0 Å². The van der Waals surface area contributed by atoms with Gasteiger partial charge in [-0.05, 0) is 24.3 Å². The molecule has 0 bridgehead atoms. The molecule has 5 heteroatoms. The molecule has 3 aromatic rings. The van der Waals surface area contributed by atoms with E-state index >= 15 is 0 Å². The third-order valence-corrected chi connectivity index (χ3v) is 2.86. The van der Waals surface area contributed by atoms with Gasteiger partial charge in [-0.15, -0.1) is 0 Å². The van der Waals surface area contributed by atoms with Crippen LogP contribution in [0.2, 0.25) is 0 Å². The average molecular weight is 265 g/mol. The van der Waals surface area contributed by atoms with Crippen LogP contribution in [-0.4, -0.2) is 20.0 Å². The lowest BCUT2D eigenvalue weighted by Gasteiger charge is -2.01. The molecule has 5 nitrogen and oxygen atoms in total. The number of benzene rings is 1. The van der Waals surface area contributed by atoms with Crippen molar-refractivity contribution in [1.82, 2.24) is 25.3 Å². The minimum absolute atomic E-state index is 0.670. The van der Waals surface area contributed by atoms with Gasteiger partial charge in [0.25, 0.3) is 0 Å². The van der Waals surface area contributed by atoms with E-state index in [0.717, 1.165) is 23.6 Å². The van der Waals surface area contributed by atoms with Crippen LogP contribution < -0.4 is 5.32 Å². The molecule has 20 heavy (non-hydrogen) atoms. The van der Waals surface area contributed by atoms with Gasteiger partial charge in [0.1, 0.15) is 0 Å². The van der Waals surface area contributed by atoms with E-state index in [0.29, 0.717) is 6.54 Å². The molecule has 0 aliphatic rings. The molecule has 2 heterocycles. The highest BCUT2D eigenvalue weighted by Gasteiger charge is 2.02. The molecule has 0 saturated heterocycles. The maximum absolute atomic E-state index is 4.43. The van der Waals surface area contributed by atoms with Gasteiger partial charge >= 0.3 is 0 Å². The van der Waals surface area contributed by atoms with Crippen molar-refractivity contribution in [3.63, 3.8) is 0 Å². The summed E-state index contributed by atoms with van der Waals surface area (Å²) in [5.74, 6) is 0. The zero-order valence-electron chi connectivity index (χ0n) is 11.0. The first-order valence-corrected chi connectivity index (χ1v) is 6.49. The average Bonchev–Trinajstić information content (AvgIpc) is 2.98. The Hall–Kier alpha value is -2.53. The smallest absolute Gasteiger partial charge is 0.0969 e. The minimum atomic E-state index is 0.670. The van der Waals surface area contributed by atoms with Crippen molar-refractivity contribution < 1.29 is 0 Å². The summed E-state index contributed by atoms with van der Waals surface area (Å²) in [5.41, 5.74) is 2.89. The van der Waals surface area contributed by atoms with Gasteiger partial charge in [0.2, 0.25) is 0 Å². The van der Waals surface area contributed by atoms with Crippen molar-refractivity contribution in [3.05, 3.63) is 72.3 Å². The molecule has 0 aliphatic heterocycles. The van der Waals surface area contributed by atoms with Crippen LogP contribution in [0.15, 0.2) is 60.9 Å². The van der Waals surface area contributed by atoms with E-state index in [4.69, 9.17) is 0 Å². The second-order valence-corrected chi connectivity index (χ2v) is 4.39. The molecule has 3 rings (SSSR count). The van der Waals surface area contributed by atoms with Crippen molar-refractivity contribution in [1.29, 1.82) is 0 Å². The summed E-state index contributed by atoms with van der Waals surface area (Å²) in [7, 11) is 0. The standard InChI is InChI=1S/C15H15N5/c1-2-7-15(8-3-1)20-18-12-14(19-20)11-16-10-13-6-4-5-9-17-13/h1-9,12,16H,10-11H2. The van der Waals surface area contributed by atoms with Gasteiger partial charge in [0.05, 0.1) is 23.3 Å². The summed E-state index contributed by atoms with van der Waals surface area (Å²) in [6.07, 6.45) is 3.57. The topological polar surface area (TPSA) is 55.6 Å². The highest BCUT2D eigenvalue weighted by atomic mass is 15.5. The first-order chi connectivity index (χ1) is 9.92. The van der Waals surface area contributed by atoms with Crippen molar-refractivity contribution in [2.75, 3.05) is 0 Å². The van der Waals surface area contributed by atoms with Crippen LogP contribution in [0.3, 0.4) is 0 Å². The SMILES string of the molecule is c1ccc(-n2ncc(CNCc3ccccn3)n2)cc1. The molecule has 1 aromatic carbocycles. The zero-order chi connectivity index (χ0) is 13.6. The van der Waals surface area contributed by atoms with Crippen LogP contribution in [0, 0.1) is 0 Å². The van der Waals surface area contributed by atoms with E-state index in [-0.39, 0.29) is 0 Å². The molecular formula is C15H15N5. The fourth-order valence-corrected chi connectivity index (χ4v) is 1.88. The zero-order valence-corrected chi connectivity index (χ0v) is 11.0. The van der Waals surface area contributed by atoms with Crippen molar-refractivity contribution in [3.8, 4) is 5.69 Å². The van der Waals surface area contributed by atoms with Crippen LogP contribution in [0.5, 0.6) is 0 Å². The van der Waals surface area contributed by atoms with Gasteiger partial charge in [0.15, 0.2) is 0 Å². The van der Waals surface area contributed by atoms with Crippen molar-refractivity contribution in [2.45, 2.75) is 13.1 Å². The minimum Gasteiger partial charge on any atom is -0.305 e. The van der Waals surface area contributed by atoms with Gasteiger partial charge in [-0.3, -0.25) is 4.98 Å². The normalized spacial score (nSPS) is 10.6. The fourth-order valence-electron chi connectivity index (χ4n) is 1.88. The lowest BCUT2D eigenvalue weighted by molar-refractivity contribution is 0.653. The van der Waals surface area contributed by atoms with E-state index in [2.05, 4.69) is 20.5 Å². The summed E-state index contributed by atoms with van der Waals surface area (Å²) < 4.78 is 0. The maximum Gasteiger partial charge on any atom is 0.0969 e. The number of nitrogens with one attached hydrogen (secondary N) is 1. The first kappa shape index (κ1) is 12.5. The van der Waals surface area contributed by atoms with E-state index in [1.54, 1.807) is 17.2 Å². The highest BCUT2D eigenvalue weighted by molar-refractivity contribution is 5.28. The van der Waals surface area contributed by atoms with Gasteiger partial charge in [0, 0.05) is 19.3 Å². The van der Waals surface area contributed by atoms with Crippen LogP contribution in [0.1, 0.15) is 11.4 Å². The number of nitrogens with zero attached hydrogens (tertiary/aromatic N) is 4. The molecule has 1 N–H and O–H groups in total. The summed E-state index contributed by atoms with van der Waals surface area (Å²) >= 11 is 0. The molecule has 0 unspecified atom stereocenters. The third-order valence-electron chi connectivity index (χ3n) is 2.86. The molecule has 0 spiro atoms. The van der Waals surface area contributed by atoms with E-state index in [1.165, 1.54) is 0 Å². The summed E-state index contributed by atoms with van der Waals surface area (Å²) in [4.78, 5) is 5.90. The predicted molar refractivity (Wildman–Crippen MR) is 76.1 cm³/mol. The number of rotatable bonds is 5. The first-order valence-electron chi connectivity index (χ1n) is 6.49. The van der Waals surface area contributed by atoms with Crippen molar-refractivity contribution >= 4 is 0 Å². The second kappa shape index (κ2) is 6.08. The molecule has 0 saturated carbocycles. The molecular weight excluding hydrogens is 250 g/mol. The third kappa shape index (κ3) is 3.07. The maximum atomic E-state index is 4.43. The Labute approximate surface area is 117 Å². The Balaban J connectivity index is 1.58. The van der Waals surface area contributed by atoms with Gasteiger partial charge < -0.3 is 5.32 Å². The van der Waals surface area contributed by atoms with Crippen LogP contribution in [0.25, 0.3) is 5.69 Å². The monoisotopic (exact) mass is 265 g/mol. The fraction of sp³-hybridized carbons (Fsp3) is 0.133. The Morgan fingerprint density at radius 3 is 2.50 bits per heavy atom. The van der Waals surface area contributed by atoms with E-state index < -0.39 is 0 Å². The molecule has 0 fully saturated rings. The Morgan fingerprint density at radius 2 is 1.70 bits per heavy atom. The number of para-hydroxylation sites is 1. The summed E-state index contributed by atoms with van der Waals surface area (Å²) in [6, 6.07) is 15.8.